The molecule has 1 aliphatic heterocycles. The first-order chi connectivity index (χ1) is 6.70. The molecular formula is C10H17N3O. The van der Waals surface area contributed by atoms with Crippen molar-refractivity contribution >= 4 is 0 Å². The Balaban J connectivity index is 1.91. The van der Waals surface area contributed by atoms with Crippen LogP contribution in [0.15, 0.2) is 12.5 Å². The van der Waals surface area contributed by atoms with Crippen molar-refractivity contribution in [3.63, 3.8) is 0 Å². The normalized spacial score (nSPS) is 27.0. The number of nitrogens with one attached hydrogen (secondary N) is 1. The van der Waals surface area contributed by atoms with E-state index in [1.807, 2.05) is 24.1 Å². The minimum absolute atomic E-state index is 0.143. The predicted molar refractivity (Wildman–Crippen MR) is 53.9 cm³/mol. The SMILES string of the molecule is Cn1cncc1CNC1(C)CCOC1. The number of ether oxygens (including phenoxy) is 1. The van der Waals surface area contributed by atoms with Gasteiger partial charge in [0.25, 0.3) is 0 Å². The number of hydrogen-bond donors (Lipinski definition) is 1. The molecule has 2 heterocycles. The summed E-state index contributed by atoms with van der Waals surface area (Å²) < 4.78 is 7.41. The quantitative estimate of drug-likeness (QED) is 0.771. The highest BCUT2D eigenvalue weighted by atomic mass is 16.5. The van der Waals surface area contributed by atoms with Crippen molar-refractivity contribution in [1.29, 1.82) is 0 Å². The van der Waals surface area contributed by atoms with E-state index >= 15 is 0 Å². The van der Waals surface area contributed by atoms with Gasteiger partial charge in [0.1, 0.15) is 0 Å². The summed E-state index contributed by atoms with van der Waals surface area (Å²) >= 11 is 0. The molecule has 0 amide bonds. The number of aryl methyl sites for hydroxylation is 1. The lowest BCUT2D eigenvalue weighted by Crippen LogP contribution is -2.42. The molecule has 0 spiro atoms. The van der Waals surface area contributed by atoms with E-state index in [1.54, 1.807) is 0 Å². The van der Waals surface area contributed by atoms with Crippen LogP contribution in [0.3, 0.4) is 0 Å². The average Bonchev–Trinajstić information content (AvgIpc) is 2.73. The third kappa shape index (κ3) is 1.96. The number of hydrogen-bond acceptors (Lipinski definition) is 3. The van der Waals surface area contributed by atoms with Gasteiger partial charge >= 0.3 is 0 Å². The molecule has 4 heteroatoms. The van der Waals surface area contributed by atoms with Crippen molar-refractivity contribution in [2.24, 2.45) is 7.05 Å². The highest BCUT2D eigenvalue weighted by molar-refractivity contribution is 4.99. The van der Waals surface area contributed by atoms with Crippen molar-refractivity contribution in [3.05, 3.63) is 18.2 Å². The second kappa shape index (κ2) is 3.71. The fourth-order valence-corrected chi connectivity index (χ4v) is 1.67. The van der Waals surface area contributed by atoms with Crippen LogP contribution < -0.4 is 5.32 Å². The van der Waals surface area contributed by atoms with Crippen molar-refractivity contribution < 1.29 is 4.74 Å². The third-order valence-corrected chi connectivity index (χ3v) is 2.83. The molecule has 4 nitrogen and oxygen atoms in total. The Hall–Kier alpha value is -0.870. The second-order valence-corrected chi connectivity index (χ2v) is 4.21. The van der Waals surface area contributed by atoms with Gasteiger partial charge in [-0.15, -0.1) is 0 Å². The van der Waals surface area contributed by atoms with Crippen molar-refractivity contribution in [1.82, 2.24) is 14.9 Å². The molecule has 0 aliphatic carbocycles. The Kier molecular flexibility index (Phi) is 2.56. The monoisotopic (exact) mass is 195 g/mol. The number of nitrogens with zero attached hydrogens (tertiary/aromatic N) is 2. The van der Waals surface area contributed by atoms with E-state index in [2.05, 4.69) is 17.2 Å². The van der Waals surface area contributed by atoms with Crippen LogP contribution in [0.2, 0.25) is 0 Å². The summed E-state index contributed by atoms with van der Waals surface area (Å²) in [6.07, 6.45) is 4.81. The zero-order valence-corrected chi connectivity index (χ0v) is 8.79. The maximum Gasteiger partial charge on any atom is 0.0945 e. The minimum atomic E-state index is 0.143. The third-order valence-electron chi connectivity index (χ3n) is 2.83. The molecule has 0 aromatic carbocycles. The van der Waals surface area contributed by atoms with Crippen LogP contribution in [0.1, 0.15) is 19.0 Å². The molecule has 1 atom stereocenters. The molecule has 1 unspecified atom stereocenters. The molecule has 0 radical (unpaired) electrons. The van der Waals surface area contributed by atoms with Crippen molar-refractivity contribution in [3.8, 4) is 0 Å². The van der Waals surface area contributed by atoms with Crippen molar-refractivity contribution in [2.75, 3.05) is 13.2 Å². The molecule has 1 aromatic rings. The summed E-state index contributed by atoms with van der Waals surface area (Å²) in [5.41, 5.74) is 1.35. The lowest BCUT2D eigenvalue weighted by Gasteiger charge is -2.23. The van der Waals surface area contributed by atoms with E-state index < -0.39 is 0 Å². The molecule has 1 fully saturated rings. The van der Waals surface area contributed by atoms with Crippen molar-refractivity contribution in [2.45, 2.75) is 25.4 Å². The predicted octanol–water partition coefficient (Wildman–Crippen LogP) is 0.689. The molecule has 78 valence electrons. The summed E-state index contributed by atoms with van der Waals surface area (Å²) in [7, 11) is 2.01. The van der Waals surface area contributed by atoms with Crippen LogP contribution >= 0.6 is 0 Å². The van der Waals surface area contributed by atoms with Crippen LogP contribution in [0.25, 0.3) is 0 Å². The molecule has 2 rings (SSSR count). The van der Waals surface area contributed by atoms with Gasteiger partial charge in [0.15, 0.2) is 0 Å². The van der Waals surface area contributed by atoms with E-state index in [0.717, 1.165) is 26.2 Å². The van der Waals surface area contributed by atoms with Gasteiger partial charge in [-0.2, -0.15) is 0 Å². The lowest BCUT2D eigenvalue weighted by atomic mass is 10.0. The first-order valence-corrected chi connectivity index (χ1v) is 4.98. The molecule has 1 aliphatic rings. The number of aromatic nitrogens is 2. The van der Waals surface area contributed by atoms with E-state index in [1.165, 1.54) is 5.69 Å². The summed E-state index contributed by atoms with van der Waals surface area (Å²) in [5, 5.41) is 3.52. The summed E-state index contributed by atoms with van der Waals surface area (Å²) in [6.45, 7) is 4.74. The smallest absolute Gasteiger partial charge is 0.0945 e. The van der Waals surface area contributed by atoms with E-state index in [9.17, 15) is 0 Å². The molecule has 1 saturated heterocycles. The second-order valence-electron chi connectivity index (χ2n) is 4.21. The Morgan fingerprint density at radius 2 is 2.57 bits per heavy atom. The van der Waals surface area contributed by atoms with Crippen LogP contribution in [-0.2, 0) is 18.3 Å². The van der Waals surface area contributed by atoms with Gasteiger partial charge in [0, 0.05) is 31.9 Å². The Bertz CT molecular complexity index is 302. The zero-order chi connectivity index (χ0) is 10.0. The Morgan fingerprint density at radius 3 is 3.14 bits per heavy atom. The lowest BCUT2D eigenvalue weighted by molar-refractivity contribution is 0.171. The van der Waals surface area contributed by atoms with Crippen LogP contribution in [-0.4, -0.2) is 28.3 Å². The minimum Gasteiger partial charge on any atom is -0.379 e. The van der Waals surface area contributed by atoms with Gasteiger partial charge in [-0.3, -0.25) is 0 Å². The standard InChI is InChI=1S/C10H17N3O/c1-10(3-4-14-7-10)12-6-9-5-11-8-13(9)2/h5,8,12H,3-4,6-7H2,1-2H3. The first kappa shape index (κ1) is 9.68. The van der Waals surface area contributed by atoms with Crippen LogP contribution in [0.5, 0.6) is 0 Å². The molecular weight excluding hydrogens is 178 g/mol. The molecule has 1 N–H and O–H groups in total. The van der Waals surface area contributed by atoms with Gasteiger partial charge in [-0.05, 0) is 13.3 Å². The van der Waals surface area contributed by atoms with Gasteiger partial charge in [0.2, 0.25) is 0 Å². The van der Waals surface area contributed by atoms with E-state index in [0.29, 0.717) is 0 Å². The fourth-order valence-electron chi connectivity index (χ4n) is 1.67. The highest BCUT2D eigenvalue weighted by Gasteiger charge is 2.28. The van der Waals surface area contributed by atoms with Gasteiger partial charge in [-0.25, -0.2) is 4.98 Å². The summed E-state index contributed by atoms with van der Waals surface area (Å²) in [6, 6.07) is 0. The van der Waals surface area contributed by atoms with E-state index in [4.69, 9.17) is 4.74 Å². The Labute approximate surface area is 84.3 Å². The highest BCUT2D eigenvalue weighted by Crippen LogP contribution is 2.17. The van der Waals surface area contributed by atoms with Crippen LogP contribution in [0, 0.1) is 0 Å². The Morgan fingerprint density at radius 1 is 1.71 bits per heavy atom. The van der Waals surface area contributed by atoms with Gasteiger partial charge in [-0.1, -0.05) is 0 Å². The topological polar surface area (TPSA) is 39.1 Å². The average molecular weight is 195 g/mol. The number of rotatable bonds is 3. The fraction of sp³-hybridized carbons (Fsp3) is 0.700. The van der Waals surface area contributed by atoms with Gasteiger partial charge in [0.05, 0.1) is 18.6 Å². The molecule has 1 aromatic heterocycles. The summed E-state index contributed by atoms with van der Waals surface area (Å²) in [4.78, 5) is 4.08. The van der Waals surface area contributed by atoms with Crippen LogP contribution in [0.4, 0.5) is 0 Å². The van der Waals surface area contributed by atoms with Gasteiger partial charge < -0.3 is 14.6 Å². The zero-order valence-electron chi connectivity index (χ0n) is 8.79. The molecule has 14 heavy (non-hydrogen) atoms. The van der Waals surface area contributed by atoms with E-state index in [-0.39, 0.29) is 5.54 Å². The molecule has 0 saturated carbocycles. The maximum absolute atomic E-state index is 5.38. The molecule has 0 bridgehead atoms. The first-order valence-electron chi connectivity index (χ1n) is 4.98. The maximum atomic E-state index is 5.38. The summed E-state index contributed by atoms with van der Waals surface area (Å²) in [5.74, 6) is 0. The number of imidazole rings is 1. The largest absolute Gasteiger partial charge is 0.379 e.